The van der Waals surface area contributed by atoms with Crippen LogP contribution in [0.3, 0.4) is 0 Å². The summed E-state index contributed by atoms with van der Waals surface area (Å²) in [4.78, 5) is 25.8. The van der Waals surface area contributed by atoms with Crippen molar-refractivity contribution in [2.45, 2.75) is 31.3 Å². The van der Waals surface area contributed by atoms with Crippen molar-refractivity contribution in [3.05, 3.63) is 28.3 Å². The van der Waals surface area contributed by atoms with Gasteiger partial charge in [-0.2, -0.15) is 0 Å². The van der Waals surface area contributed by atoms with Crippen LogP contribution >= 0.6 is 0 Å². The average molecular weight is 445 g/mol. The lowest BCUT2D eigenvalue weighted by molar-refractivity contribution is -0.387. The van der Waals surface area contributed by atoms with Gasteiger partial charge in [0, 0.05) is 39.3 Å². The number of nitro groups is 1. The molecule has 1 amide bonds. The maximum absolute atomic E-state index is 12.5. The van der Waals surface area contributed by atoms with Crippen LogP contribution in [0.1, 0.15) is 20.8 Å². The Balaban J connectivity index is 1.89. The Bertz CT molecular complexity index is 875. The van der Waals surface area contributed by atoms with E-state index in [9.17, 15) is 23.3 Å². The molecular formula is C18H28N4O7S. The summed E-state index contributed by atoms with van der Waals surface area (Å²) in [6.07, 6.45) is -0.366. The Morgan fingerprint density at radius 2 is 1.87 bits per heavy atom. The number of ether oxygens (including phenoxy) is 2. The number of rotatable bonds is 7. The molecule has 0 spiro atoms. The second-order valence-corrected chi connectivity index (χ2v) is 9.53. The van der Waals surface area contributed by atoms with Gasteiger partial charge < -0.3 is 14.4 Å². The number of benzene rings is 1. The van der Waals surface area contributed by atoms with Gasteiger partial charge in [-0.3, -0.25) is 15.0 Å². The Morgan fingerprint density at radius 1 is 1.23 bits per heavy atom. The molecule has 1 saturated heterocycles. The SMILES string of the molecule is COc1ccc(S(=O)(=O)NCCN2CCN(C(=O)OC(C)(C)C)CC2)c([N+](=O)[O-])c1. The summed E-state index contributed by atoms with van der Waals surface area (Å²) >= 11 is 0. The second kappa shape index (κ2) is 9.58. The first-order valence-corrected chi connectivity index (χ1v) is 10.9. The molecule has 0 aromatic heterocycles. The molecular weight excluding hydrogens is 416 g/mol. The van der Waals surface area contributed by atoms with Crippen molar-refractivity contribution in [3.8, 4) is 5.75 Å². The van der Waals surface area contributed by atoms with Crippen LogP contribution in [0.5, 0.6) is 5.75 Å². The second-order valence-electron chi connectivity index (χ2n) is 7.80. The van der Waals surface area contributed by atoms with Crippen molar-refractivity contribution < 1.29 is 27.6 Å². The van der Waals surface area contributed by atoms with Crippen LogP contribution in [0.25, 0.3) is 0 Å². The molecule has 30 heavy (non-hydrogen) atoms. The number of sulfonamides is 1. The summed E-state index contributed by atoms with van der Waals surface area (Å²) in [7, 11) is -2.72. The van der Waals surface area contributed by atoms with Crippen LogP contribution in [0.15, 0.2) is 23.1 Å². The van der Waals surface area contributed by atoms with Gasteiger partial charge in [0.25, 0.3) is 5.69 Å². The molecule has 0 saturated carbocycles. The molecule has 1 fully saturated rings. The number of hydrogen-bond donors (Lipinski definition) is 1. The molecule has 1 aromatic rings. The number of nitrogens with one attached hydrogen (secondary N) is 1. The van der Waals surface area contributed by atoms with Crippen molar-refractivity contribution in [3.63, 3.8) is 0 Å². The summed E-state index contributed by atoms with van der Waals surface area (Å²) in [5.74, 6) is 0.198. The van der Waals surface area contributed by atoms with E-state index in [1.807, 2.05) is 4.90 Å². The van der Waals surface area contributed by atoms with E-state index in [2.05, 4.69) is 4.72 Å². The lowest BCUT2D eigenvalue weighted by Crippen LogP contribution is -2.51. The number of hydrogen-bond acceptors (Lipinski definition) is 8. The molecule has 0 bridgehead atoms. The van der Waals surface area contributed by atoms with Crippen LogP contribution < -0.4 is 9.46 Å². The smallest absolute Gasteiger partial charge is 0.410 e. The summed E-state index contributed by atoms with van der Waals surface area (Å²) in [6.45, 7) is 8.01. The van der Waals surface area contributed by atoms with Gasteiger partial charge in [0.15, 0.2) is 4.90 Å². The predicted molar refractivity (Wildman–Crippen MR) is 109 cm³/mol. The first kappa shape index (κ1) is 23.8. The van der Waals surface area contributed by atoms with Crippen LogP contribution in [0.2, 0.25) is 0 Å². The molecule has 0 aliphatic carbocycles. The van der Waals surface area contributed by atoms with Gasteiger partial charge in [-0.05, 0) is 32.9 Å². The predicted octanol–water partition coefficient (Wildman–Crippen LogP) is 1.43. The molecule has 1 aliphatic rings. The molecule has 0 unspecified atom stereocenters. The van der Waals surface area contributed by atoms with Crippen LogP contribution in [0.4, 0.5) is 10.5 Å². The molecule has 11 nitrogen and oxygen atoms in total. The molecule has 12 heteroatoms. The quantitative estimate of drug-likeness (QED) is 0.494. The van der Waals surface area contributed by atoms with E-state index in [1.54, 1.807) is 25.7 Å². The number of piperazine rings is 1. The molecule has 1 aliphatic heterocycles. The molecule has 1 N–H and O–H groups in total. The van der Waals surface area contributed by atoms with E-state index >= 15 is 0 Å². The highest BCUT2D eigenvalue weighted by Gasteiger charge is 2.28. The number of nitro benzene ring substituents is 1. The van der Waals surface area contributed by atoms with Gasteiger partial charge in [0.2, 0.25) is 10.0 Å². The Kier molecular flexibility index (Phi) is 7.61. The molecule has 1 heterocycles. The maximum atomic E-state index is 12.5. The van der Waals surface area contributed by atoms with Gasteiger partial charge in [-0.15, -0.1) is 0 Å². The number of carbonyl (C=O) groups excluding carboxylic acids is 1. The summed E-state index contributed by atoms with van der Waals surface area (Å²) in [5, 5.41) is 11.2. The number of carbonyl (C=O) groups is 1. The molecule has 0 atom stereocenters. The van der Waals surface area contributed by atoms with Gasteiger partial charge in [-0.1, -0.05) is 0 Å². The normalized spacial score (nSPS) is 15.7. The fourth-order valence-corrected chi connectivity index (χ4v) is 4.06. The summed E-state index contributed by atoms with van der Waals surface area (Å²) in [5.41, 5.74) is -1.11. The molecule has 168 valence electrons. The van der Waals surface area contributed by atoms with Crippen molar-refractivity contribution in [1.29, 1.82) is 0 Å². The fourth-order valence-electron chi connectivity index (χ4n) is 2.89. The number of amides is 1. The zero-order chi connectivity index (χ0) is 22.5. The monoisotopic (exact) mass is 444 g/mol. The van der Waals surface area contributed by atoms with Crippen molar-refractivity contribution in [2.24, 2.45) is 0 Å². The largest absolute Gasteiger partial charge is 0.497 e. The minimum atomic E-state index is -4.06. The molecule has 2 rings (SSSR count). The maximum Gasteiger partial charge on any atom is 0.410 e. The summed E-state index contributed by atoms with van der Waals surface area (Å²) < 4.78 is 37.7. The van der Waals surface area contributed by atoms with Gasteiger partial charge in [-0.25, -0.2) is 17.9 Å². The topological polar surface area (TPSA) is 131 Å². The third-order valence-corrected chi connectivity index (χ3v) is 5.90. The number of methoxy groups -OCH3 is 1. The van der Waals surface area contributed by atoms with E-state index in [1.165, 1.54) is 13.2 Å². The zero-order valence-corrected chi connectivity index (χ0v) is 18.4. The van der Waals surface area contributed by atoms with Crippen LogP contribution in [-0.2, 0) is 14.8 Å². The van der Waals surface area contributed by atoms with Crippen molar-refractivity contribution in [2.75, 3.05) is 46.4 Å². The Labute approximate surface area is 176 Å². The third kappa shape index (κ3) is 6.54. The van der Waals surface area contributed by atoms with Gasteiger partial charge in [0.1, 0.15) is 11.4 Å². The first-order valence-electron chi connectivity index (χ1n) is 9.45. The summed E-state index contributed by atoms with van der Waals surface area (Å²) in [6, 6.07) is 3.58. The van der Waals surface area contributed by atoms with Gasteiger partial charge in [0.05, 0.1) is 18.1 Å². The minimum Gasteiger partial charge on any atom is -0.497 e. The average Bonchev–Trinajstić information content (AvgIpc) is 2.66. The number of nitrogens with zero attached hydrogens (tertiary/aromatic N) is 3. The zero-order valence-electron chi connectivity index (χ0n) is 17.6. The lowest BCUT2D eigenvalue weighted by atomic mass is 10.2. The highest BCUT2D eigenvalue weighted by atomic mass is 32.2. The highest BCUT2D eigenvalue weighted by molar-refractivity contribution is 7.89. The minimum absolute atomic E-state index is 0.0813. The van der Waals surface area contributed by atoms with Crippen molar-refractivity contribution >= 4 is 21.8 Å². The van der Waals surface area contributed by atoms with E-state index in [4.69, 9.17) is 9.47 Å². The van der Waals surface area contributed by atoms with E-state index in [0.29, 0.717) is 32.7 Å². The molecule has 0 radical (unpaired) electrons. The van der Waals surface area contributed by atoms with Crippen molar-refractivity contribution in [1.82, 2.24) is 14.5 Å². The van der Waals surface area contributed by atoms with Gasteiger partial charge >= 0.3 is 6.09 Å². The standard InChI is InChI=1S/C18H28N4O7S/c1-18(2,3)29-17(23)21-11-9-20(10-12-21)8-7-19-30(26,27)16-6-5-14(28-4)13-15(16)22(24)25/h5-6,13,19H,7-12H2,1-4H3. The highest BCUT2D eigenvalue weighted by Crippen LogP contribution is 2.28. The fraction of sp³-hybridized carbons (Fsp3) is 0.611. The molecule has 1 aromatic carbocycles. The van der Waals surface area contributed by atoms with E-state index < -0.39 is 31.1 Å². The van der Waals surface area contributed by atoms with Crippen LogP contribution in [-0.4, -0.2) is 81.2 Å². The van der Waals surface area contributed by atoms with E-state index in [0.717, 1.165) is 12.1 Å². The third-order valence-electron chi connectivity index (χ3n) is 4.40. The Hall–Kier alpha value is -2.44. The van der Waals surface area contributed by atoms with Crippen LogP contribution in [0, 0.1) is 10.1 Å². The first-order chi connectivity index (χ1) is 13.9. The van der Waals surface area contributed by atoms with E-state index in [-0.39, 0.29) is 18.4 Å². The lowest BCUT2D eigenvalue weighted by Gasteiger charge is -2.35. The Morgan fingerprint density at radius 3 is 2.40 bits per heavy atom.